The highest BCUT2D eigenvalue weighted by atomic mass is 19.1. The quantitative estimate of drug-likeness (QED) is 0.686. The van der Waals surface area contributed by atoms with Crippen LogP contribution in [0, 0.1) is 5.82 Å². The van der Waals surface area contributed by atoms with E-state index in [1.807, 2.05) is 0 Å². The third-order valence-corrected chi connectivity index (χ3v) is 1.74. The van der Waals surface area contributed by atoms with Crippen LogP contribution >= 0.6 is 0 Å². The van der Waals surface area contributed by atoms with E-state index in [4.69, 9.17) is 11.5 Å². The van der Waals surface area contributed by atoms with E-state index in [1.54, 1.807) is 13.1 Å². The van der Waals surface area contributed by atoms with Crippen LogP contribution < -0.4 is 16.4 Å². The van der Waals surface area contributed by atoms with Crippen molar-refractivity contribution in [1.82, 2.24) is 0 Å². The Morgan fingerprint density at radius 1 is 1.50 bits per heavy atom. The van der Waals surface area contributed by atoms with Crippen LogP contribution in [0.4, 0.5) is 15.8 Å². The largest absolute Gasteiger partial charge is 0.399 e. The van der Waals surface area contributed by atoms with Gasteiger partial charge in [-0.3, -0.25) is 4.79 Å². The van der Waals surface area contributed by atoms with Crippen molar-refractivity contribution in [2.45, 2.75) is 0 Å². The molecule has 0 bridgehead atoms. The van der Waals surface area contributed by atoms with Crippen LogP contribution in [0.1, 0.15) is 0 Å². The Kier molecular flexibility index (Phi) is 2.91. The topological polar surface area (TPSA) is 72.3 Å². The molecule has 14 heavy (non-hydrogen) atoms. The number of carbonyl (C=O) groups is 1. The third kappa shape index (κ3) is 2.62. The van der Waals surface area contributed by atoms with Gasteiger partial charge in [-0.05, 0) is 18.2 Å². The van der Waals surface area contributed by atoms with Gasteiger partial charge in [0.15, 0.2) is 0 Å². The molecule has 1 aromatic carbocycles. The summed E-state index contributed by atoms with van der Waals surface area (Å²) >= 11 is 0. The summed E-state index contributed by atoms with van der Waals surface area (Å²) in [7, 11) is 1.64. The number of hydrogen-bond donors (Lipinski definition) is 2. The Morgan fingerprint density at radius 2 is 2.14 bits per heavy atom. The average molecular weight is 197 g/mol. The van der Waals surface area contributed by atoms with Gasteiger partial charge in [-0.2, -0.15) is 0 Å². The second-order valence-corrected chi connectivity index (χ2v) is 3.07. The minimum Gasteiger partial charge on any atom is -0.399 e. The highest BCUT2D eigenvalue weighted by Gasteiger charge is 2.06. The molecule has 0 spiro atoms. The van der Waals surface area contributed by atoms with Crippen LogP contribution in [0.3, 0.4) is 0 Å². The summed E-state index contributed by atoms with van der Waals surface area (Å²) in [5, 5.41) is 0. The molecule has 1 rings (SSSR count). The zero-order valence-corrected chi connectivity index (χ0v) is 7.83. The van der Waals surface area contributed by atoms with Crippen LogP contribution in [0.25, 0.3) is 0 Å². The fraction of sp³-hybridized carbons (Fsp3) is 0.222. The fourth-order valence-electron chi connectivity index (χ4n) is 1.14. The number of nitrogens with two attached hydrogens (primary N) is 2. The third-order valence-electron chi connectivity index (χ3n) is 1.74. The van der Waals surface area contributed by atoms with E-state index in [2.05, 4.69) is 0 Å². The summed E-state index contributed by atoms with van der Waals surface area (Å²) < 4.78 is 12.9. The number of likely N-dealkylation sites (N-methyl/N-ethyl adjacent to an activating group) is 1. The van der Waals surface area contributed by atoms with Gasteiger partial charge in [0, 0.05) is 18.4 Å². The molecule has 0 aliphatic carbocycles. The Labute approximate surface area is 81.3 Å². The predicted molar refractivity (Wildman–Crippen MR) is 53.3 cm³/mol. The lowest BCUT2D eigenvalue weighted by Crippen LogP contribution is -2.30. The summed E-state index contributed by atoms with van der Waals surface area (Å²) in [4.78, 5) is 12.1. The lowest BCUT2D eigenvalue weighted by molar-refractivity contribution is -0.116. The summed E-state index contributed by atoms with van der Waals surface area (Å²) in [6.07, 6.45) is 0. The highest BCUT2D eigenvalue weighted by Crippen LogP contribution is 2.18. The summed E-state index contributed by atoms with van der Waals surface area (Å²) in [6.45, 7) is 0.0306. The second kappa shape index (κ2) is 3.95. The minimum absolute atomic E-state index is 0.0306. The molecule has 0 aliphatic heterocycles. The number of hydrogen-bond acceptors (Lipinski definition) is 3. The Bertz CT molecular complexity index is 334. The zero-order valence-electron chi connectivity index (χ0n) is 7.83. The molecule has 0 saturated carbocycles. The van der Waals surface area contributed by atoms with Gasteiger partial charge < -0.3 is 16.4 Å². The van der Waals surface area contributed by atoms with Crippen molar-refractivity contribution < 1.29 is 9.18 Å². The molecule has 0 heterocycles. The van der Waals surface area contributed by atoms with Crippen molar-refractivity contribution in [3.63, 3.8) is 0 Å². The summed E-state index contributed by atoms with van der Waals surface area (Å²) in [5.41, 5.74) is 11.3. The number of carbonyl (C=O) groups excluding carboxylic acids is 1. The number of rotatable bonds is 3. The molecule has 76 valence electrons. The van der Waals surface area contributed by atoms with Crippen LogP contribution in [-0.2, 0) is 4.79 Å². The van der Waals surface area contributed by atoms with Crippen molar-refractivity contribution in [3.8, 4) is 0 Å². The number of anilines is 2. The predicted octanol–water partition coefficient (Wildman–Crippen LogP) is 0.329. The lowest BCUT2D eigenvalue weighted by Gasteiger charge is -2.17. The van der Waals surface area contributed by atoms with Gasteiger partial charge in [0.25, 0.3) is 0 Å². The molecule has 0 saturated heterocycles. The van der Waals surface area contributed by atoms with Crippen molar-refractivity contribution in [1.29, 1.82) is 0 Å². The molecule has 1 amide bonds. The second-order valence-electron chi connectivity index (χ2n) is 3.07. The monoisotopic (exact) mass is 197 g/mol. The minimum atomic E-state index is -0.477. The van der Waals surface area contributed by atoms with Crippen LogP contribution in [0.15, 0.2) is 18.2 Å². The van der Waals surface area contributed by atoms with Gasteiger partial charge in [0.05, 0.1) is 6.54 Å². The number of nitrogens with zero attached hydrogens (tertiary/aromatic N) is 1. The standard InChI is InChI=1S/C9H12FN3O/c1-13(5-9(12)14)8-3-6(10)2-7(11)4-8/h2-4H,5,11H2,1H3,(H2,12,14). The number of primary amides is 1. The SMILES string of the molecule is CN(CC(N)=O)c1cc(N)cc(F)c1. The van der Waals surface area contributed by atoms with Crippen LogP contribution in [0.2, 0.25) is 0 Å². The maximum atomic E-state index is 12.9. The first kappa shape index (κ1) is 10.3. The number of amides is 1. The molecular weight excluding hydrogens is 185 g/mol. The van der Waals surface area contributed by atoms with E-state index in [1.165, 1.54) is 17.0 Å². The van der Waals surface area contributed by atoms with E-state index in [0.717, 1.165) is 0 Å². The zero-order chi connectivity index (χ0) is 10.7. The van der Waals surface area contributed by atoms with Crippen molar-refractivity contribution in [2.24, 2.45) is 5.73 Å². The summed E-state index contributed by atoms with van der Waals surface area (Å²) in [6, 6.07) is 4.08. The summed E-state index contributed by atoms with van der Waals surface area (Å²) in [5.74, 6) is -0.911. The van der Waals surface area contributed by atoms with Gasteiger partial charge in [-0.25, -0.2) is 4.39 Å². The van der Waals surface area contributed by atoms with Gasteiger partial charge in [0.2, 0.25) is 5.91 Å². The number of halogens is 1. The normalized spacial score (nSPS) is 9.86. The maximum absolute atomic E-state index is 12.9. The molecule has 0 aromatic heterocycles. The van der Waals surface area contributed by atoms with Crippen molar-refractivity contribution in [2.75, 3.05) is 24.2 Å². The fourth-order valence-corrected chi connectivity index (χ4v) is 1.14. The molecule has 0 radical (unpaired) electrons. The van der Waals surface area contributed by atoms with Crippen molar-refractivity contribution >= 4 is 17.3 Å². The first-order valence-corrected chi connectivity index (χ1v) is 4.04. The van der Waals surface area contributed by atoms with E-state index >= 15 is 0 Å². The lowest BCUT2D eigenvalue weighted by atomic mass is 10.2. The Morgan fingerprint density at radius 3 is 2.64 bits per heavy atom. The van der Waals surface area contributed by atoms with E-state index in [9.17, 15) is 9.18 Å². The average Bonchev–Trinajstić information content (AvgIpc) is 2.00. The highest BCUT2D eigenvalue weighted by molar-refractivity contribution is 5.79. The molecule has 0 unspecified atom stereocenters. The van der Waals surface area contributed by atoms with E-state index < -0.39 is 11.7 Å². The molecule has 0 atom stereocenters. The van der Waals surface area contributed by atoms with Gasteiger partial charge in [-0.15, -0.1) is 0 Å². The molecule has 4 nitrogen and oxygen atoms in total. The Hall–Kier alpha value is -1.78. The van der Waals surface area contributed by atoms with Crippen LogP contribution in [-0.4, -0.2) is 19.5 Å². The van der Waals surface area contributed by atoms with Crippen molar-refractivity contribution in [3.05, 3.63) is 24.0 Å². The molecule has 0 aliphatic rings. The van der Waals surface area contributed by atoms with Gasteiger partial charge in [0.1, 0.15) is 5.82 Å². The molecule has 4 N–H and O–H groups in total. The number of nitrogen functional groups attached to an aromatic ring is 1. The smallest absolute Gasteiger partial charge is 0.236 e. The Balaban J connectivity index is 2.89. The first-order valence-electron chi connectivity index (χ1n) is 4.04. The van der Waals surface area contributed by atoms with E-state index in [-0.39, 0.29) is 6.54 Å². The first-order chi connectivity index (χ1) is 6.49. The molecule has 0 fully saturated rings. The van der Waals surface area contributed by atoms with E-state index in [0.29, 0.717) is 11.4 Å². The molecular formula is C9H12FN3O. The molecule has 5 heteroatoms. The number of benzene rings is 1. The van der Waals surface area contributed by atoms with Gasteiger partial charge >= 0.3 is 0 Å². The molecule has 1 aromatic rings. The maximum Gasteiger partial charge on any atom is 0.236 e. The van der Waals surface area contributed by atoms with Gasteiger partial charge in [-0.1, -0.05) is 0 Å². The van der Waals surface area contributed by atoms with Crippen LogP contribution in [0.5, 0.6) is 0 Å².